The highest BCUT2D eigenvalue weighted by atomic mass is 19.1. The van der Waals surface area contributed by atoms with Crippen molar-refractivity contribution in [1.82, 2.24) is 4.57 Å². The fourth-order valence-corrected chi connectivity index (χ4v) is 3.99. The van der Waals surface area contributed by atoms with Crippen molar-refractivity contribution in [1.29, 1.82) is 0 Å². The molecular formula is C24H24FNO2. The number of carbonyl (C=O) groups is 1. The van der Waals surface area contributed by atoms with Gasteiger partial charge < -0.3 is 9.30 Å². The third-order valence-electron chi connectivity index (χ3n) is 5.22. The monoisotopic (exact) mass is 377 g/mol. The molecule has 4 rings (SSSR count). The maximum atomic E-state index is 13.5. The number of aromatic nitrogens is 1. The van der Waals surface area contributed by atoms with Crippen LogP contribution in [0.2, 0.25) is 0 Å². The van der Waals surface area contributed by atoms with Gasteiger partial charge in [0, 0.05) is 34.6 Å². The fraction of sp³-hybridized carbons (Fsp3) is 0.292. The summed E-state index contributed by atoms with van der Waals surface area (Å²) in [5.74, 6) is -0.383. The van der Waals surface area contributed by atoms with Crippen LogP contribution >= 0.6 is 0 Å². The van der Waals surface area contributed by atoms with Crippen LogP contribution in [0.15, 0.2) is 54.6 Å². The lowest BCUT2D eigenvalue weighted by molar-refractivity contribution is -0.150. The first-order valence-corrected chi connectivity index (χ1v) is 9.81. The molecule has 0 aliphatic carbocycles. The van der Waals surface area contributed by atoms with E-state index in [1.165, 1.54) is 12.1 Å². The lowest BCUT2D eigenvalue weighted by atomic mass is 10.0. The summed E-state index contributed by atoms with van der Waals surface area (Å²) >= 11 is 0. The quantitative estimate of drug-likeness (QED) is 0.512. The van der Waals surface area contributed by atoms with Crippen LogP contribution in [0.25, 0.3) is 28.1 Å². The molecule has 3 nitrogen and oxygen atoms in total. The topological polar surface area (TPSA) is 31.2 Å². The van der Waals surface area contributed by atoms with Gasteiger partial charge in [-0.1, -0.05) is 30.3 Å². The van der Waals surface area contributed by atoms with Gasteiger partial charge in [0.25, 0.3) is 0 Å². The van der Waals surface area contributed by atoms with Crippen LogP contribution in [-0.4, -0.2) is 16.6 Å². The fourth-order valence-electron chi connectivity index (χ4n) is 3.99. The van der Waals surface area contributed by atoms with Crippen LogP contribution in [0.3, 0.4) is 0 Å². The molecule has 2 heterocycles. The number of esters is 1. The maximum Gasteiger partial charge on any atom is 0.306 e. The summed E-state index contributed by atoms with van der Waals surface area (Å²) in [6.07, 6.45) is 6.04. The van der Waals surface area contributed by atoms with E-state index in [4.69, 9.17) is 4.74 Å². The molecule has 1 aliphatic heterocycles. The van der Waals surface area contributed by atoms with Gasteiger partial charge in [-0.05, 0) is 62.6 Å². The van der Waals surface area contributed by atoms with Crippen molar-refractivity contribution in [3.05, 3.63) is 66.1 Å². The van der Waals surface area contributed by atoms with Crippen LogP contribution in [0, 0.1) is 5.82 Å². The molecule has 0 unspecified atom stereocenters. The van der Waals surface area contributed by atoms with Gasteiger partial charge in [-0.2, -0.15) is 0 Å². The molecule has 3 aromatic rings. The Morgan fingerprint density at radius 1 is 1.14 bits per heavy atom. The Morgan fingerprint density at radius 2 is 1.89 bits per heavy atom. The Morgan fingerprint density at radius 3 is 2.61 bits per heavy atom. The number of halogens is 1. The number of para-hydroxylation sites is 1. The smallest absolute Gasteiger partial charge is 0.306 e. The average Bonchev–Trinajstić information content (AvgIpc) is 3.01. The summed E-state index contributed by atoms with van der Waals surface area (Å²) in [5.41, 5.74) is 4.22. The van der Waals surface area contributed by atoms with E-state index < -0.39 is 0 Å². The van der Waals surface area contributed by atoms with E-state index in [2.05, 4.69) is 36.6 Å². The van der Waals surface area contributed by atoms with Crippen LogP contribution in [-0.2, 0) is 9.53 Å². The molecule has 0 bridgehead atoms. The number of fused-ring (bicyclic) bond motifs is 1. The molecule has 0 radical (unpaired) electrons. The zero-order valence-electron chi connectivity index (χ0n) is 16.2. The lowest BCUT2D eigenvalue weighted by Crippen LogP contribution is -2.21. The standard InChI is InChI=1S/C24H24FNO2/c1-16(2)26-21-8-4-3-7-20(21)24(17-10-12-18(25)13-11-17)22(26)15-14-19-6-5-9-23(27)28-19/h3-4,7-8,10-16,19H,5-6,9H2,1-2H3/b15-14+/t19-/m0/s1. The first kappa shape index (κ1) is 18.5. The average molecular weight is 377 g/mol. The molecule has 4 heteroatoms. The van der Waals surface area contributed by atoms with Crippen LogP contribution in [0.1, 0.15) is 44.8 Å². The van der Waals surface area contributed by atoms with Gasteiger partial charge in [0.1, 0.15) is 11.9 Å². The second-order valence-electron chi connectivity index (χ2n) is 7.53. The minimum Gasteiger partial charge on any atom is -0.458 e. The molecule has 1 aliphatic rings. The number of benzene rings is 2. The Bertz CT molecular complexity index is 1030. The Balaban J connectivity index is 1.89. The van der Waals surface area contributed by atoms with Crippen LogP contribution < -0.4 is 0 Å². The first-order valence-electron chi connectivity index (χ1n) is 9.81. The molecular weight excluding hydrogens is 353 g/mol. The van der Waals surface area contributed by atoms with E-state index in [1.807, 2.05) is 30.3 Å². The van der Waals surface area contributed by atoms with Crippen molar-refractivity contribution in [2.24, 2.45) is 0 Å². The number of hydrogen-bond acceptors (Lipinski definition) is 2. The van der Waals surface area contributed by atoms with Gasteiger partial charge in [0.15, 0.2) is 0 Å². The van der Waals surface area contributed by atoms with Crippen molar-refractivity contribution in [2.45, 2.75) is 45.3 Å². The van der Waals surface area contributed by atoms with E-state index in [0.29, 0.717) is 6.42 Å². The lowest BCUT2D eigenvalue weighted by Gasteiger charge is -2.19. The number of ether oxygens (including phenoxy) is 1. The van der Waals surface area contributed by atoms with Crippen molar-refractivity contribution < 1.29 is 13.9 Å². The molecule has 28 heavy (non-hydrogen) atoms. The Labute approximate surface area is 164 Å². The predicted molar refractivity (Wildman–Crippen MR) is 110 cm³/mol. The third kappa shape index (κ3) is 3.47. The SMILES string of the molecule is CC(C)n1c(/C=C/[C@@H]2CCCC(=O)O2)c(-c2ccc(F)cc2)c2ccccc21. The summed E-state index contributed by atoms with van der Waals surface area (Å²) in [7, 11) is 0. The normalized spacial score (nSPS) is 17.6. The first-order chi connectivity index (χ1) is 13.5. The molecule has 1 saturated heterocycles. The molecule has 1 fully saturated rings. The molecule has 0 spiro atoms. The molecule has 0 amide bonds. The van der Waals surface area contributed by atoms with Gasteiger partial charge in [-0.15, -0.1) is 0 Å². The minimum atomic E-state index is -0.248. The van der Waals surface area contributed by atoms with Crippen molar-refractivity contribution in [2.75, 3.05) is 0 Å². The largest absolute Gasteiger partial charge is 0.458 e. The Kier molecular flexibility index (Phi) is 5.03. The molecule has 1 aromatic heterocycles. The molecule has 2 aromatic carbocycles. The van der Waals surface area contributed by atoms with Gasteiger partial charge in [-0.25, -0.2) is 4.39 Å². The summed E-state index contributed by atoms with van der Waals surface area (Å²) in [5, 5.41) is 1.13. The van der Waals surface area contributed by atoms with E-state index in [-0.39, 0.29) is 23.9 Å². The summed E-state index contributed by atoms with van der Waals surface area (Å²) in [6.45, 7) is 4.30. The zero-order chi connectivity index (χ0) is 19.7. The van der Waals surface area contributed by atoms with Gasteiger partial charge in [0.2, 0.25) is 0 Å². The van der Waals surface area contributed by atoms with E-state index >= 15 is 0 Å². The van der Waals surface area contributed by atoms with Crippen LogP contribution in [0.5, 0.6) is 0 Å². The highest BCUT2D eigenvalue weighted by Crippen LogP contribution is 2.38. The number of carbonyl (C=O) groups excluding carboxylic acids is 1. The molecule has 0 N–H and O–H groups in total. The second kappa shape index (κ2) is 7.63. The van der Waals surface area contributed by atoms with Gasteiger partial charge in [0.05, 0.1) is 0 Å². The minimum absolute atomic E-state index is 0.135. The second-order valence-corrected chi connectivity index (χ2v) is 7.53. The highest BCUT2D eigenvalue weighted by molar-refractivity contribution is 6.01. The number of cyclic esters (lactones) is 1. The number of rotatable bonds is 4. The van der Waals surface area contributed by atoms with Crippen molar-refractivity contribution >= 4 is 22.9 Å². The van der Waals surface area contributed by atoms with E-state index in [9.17, 15) is 9.18 Å². The van der Waals surface area contributed by atoms with E-state index in [0.717, 1.165) is 40.6 Å². The molecule has 1 atom stereocenters. The predicted octanol–water partition coefficient (Wildman–Crippen LogP) is 6.14. The third-order valence-corrected chi connectivity index (χ3v) is 5.22. The highest BCUT2D eigenvalue weighted by Gasteiger charge is 2.21. The molecule has 0 saturated carbocycles. The van der Waals surface area contributed by atoms with Crippen molar-refractivity contribution in [3.8, 4) is 11.1 Å². The Hall–Kier alpha value is -2.88. The van der Waals surface area contributed by atoms with Crippen molar-refractivity contribution in [3.63, 3.8) is 0 Å². The number of nitrogens with zero attached hydrogens (tertiary/aromatic N) is 1. The van der Waals surface area contributed by atoms with Gasteiger partial charge >= 0.3 is 5.97 Å². The zero-order valence-corrected chi connectivity index (χ0v) is 16.2. The number of hydrogen-bond donors (Lipinski definition) is 0. The summed E-state index contributed by atoms with van der Waals surface area (Å²) in [6, 6.07) is 15.1. The maximum absolute atomic E-state index is 13.5. The van der Waals surface area contributed by atoms with E-state index in [1.54, 1.807) is 0 Å². The van der Waals surface area contributed by atoms with Gasteiger partial charge in [-0.3, -0.25) is 4.79 Å². The van der Waals surface area contributed by atoms with Crippen LogP contribution in [0.4, 0.5) is 4.39 Å². The summed E-state index contributed by atoms with van der Waals surface area (Å²) in [4.78, 5) is 11.6. The summed E-state index contributed by atoms with van der Waals surface area (Å²) < 4.78 is 21.3. The molecule has 144 valence electrons.